The lowest BCUT2D eigenvalue weighted by molar-refractivity contribution is 0.0648. The number of imidazole rings is 1. The van der Waals surface area contributed by atoms with Crippen LogP contribution in [0.2, 0.25) is 0 Å². The van der Waals surface area contributed by atoms with E-state index in [9.17, 15) is 9.18 Å². The molecule has 0 spiro atoms. The first-order valence-electron chi connectivity index (χ1n) is 9.98. The van der Waals surface area contributed by atoms with E-state index in [0.29, 0.717) is 31.0 Å². The number of oxazole rings is 1. The van der Waals surface area contributed by atoms with Crippen molar-refractivity contribution in [2.45, 2.75) is 38.9 Å². The van der Waals surface area contributed by atoms with Crippen molar-refractivity contribution in [3.63, 3.8) is 0 Å². The highest BCUT2D eigenvalue weighted by Gasteiger charge is 2.39. The first-order valence-corrected chi connectivity index (χ1v) is 9.98. The summed E-state index contributed by atoms with van der Waals surface area (Å²) in [6, 6.07) is 7.20. The van der Waals surface area contributed by atoms with E-state index in [-0.39, 0.29) is 11.5 Å². The number of hydrogen-bond acceptors (Lipinski definition) is 5. The molecule has 1 unspecified atom stereocenters. The maximum Gasteiger partial charge on any atom is 0.292 e. The Kier molecular flexibility index (Phi) is 4.38. The predicted molar refractivity (Wildman–Crippen MR) is 106 cm³/mol. The van der Waals surface area contributed by atoms with Crippen molar-refractivity contribution in [1.29, 1.82) is 0 Å². The molecule has 5 heterocycles. The summed E-state index contributed by atoms with van der Waals surface area (Å²) in [5.41, 5.74) is 3.34. The highest BCUT2D eigenvalue weighted by Crippen LogP contribution is 2.35. The van der Waals surface area contributed by atoms with E-state index < -0.39 is 18.1 Å². The van der Waals surface area contributed by atoms with Crippen LogP contribution in [0.25, 0.3) is 5.52 Å². The van der Waals surface area contributed by atoms with Crippen LogP contribution in [0.1, 0.15) is 65.3 Å². The summed E-state index contributed by atoms with van der Waals surface area (Å²) in [5.74, 6) is -0.105. The van der Waals surface area contributed by atoms with Gasteiger partial charge in [0.1, 0.15) is 17.9 Å². The first-order chi connectivity index (χ1) is 14.6. The highest BCUT2D eigenvalue weighted by atomic mass is 19.1. The summed E-state index contributed by atoms with van der Waals surface area (Å²) in [6.07, 6.45) is 3.16. The maximum atomic E-state index is 14.2. The van der Waals surface area contributed by atoms with Crippen LogP contribution in [-0.2, 0) is 12.8 Å². The molecule has 4 aromatic rings. The average molecular weight is 408 g/mol. The van der Waals surface area contributed by atoms with Gasteiger partial charge >= 0.3 is 0 Å². The van der Waals surface area contributed by atoms with Gasteiger partial charge in [-0.1, -0.05) is 13.0 Å². The van der Waals surface area contributed by atoms with Gasteiger partial charge < -0.3 is 14.3 Å². The lowest BCUT2D eigenvalue weighted by Gasteiger charge is -2.33. The molecular formula is C21H21FN6O2. The molecular weight excluding hydrogens is 387 g/mol. The van der Waals surface area contributed by atoms with Crippen LogP contribution in [0, 0.1) is 0 Å². The molecule has 0 saturated heterocycles. The zero-order valence-electron chi connectivity index (χ0n) is 16.7. The number of halogens is 1. The third kappa shape index (κ3) is 2.89. The van der Waals surface area contributed by atoms with Gasteiger partial charge in [0, 0.05) is 31.3 Å². The van der Waals surface area contributed by atoms with Crippen LogP contribution in [0.3, 0.4) is 0 Å². The standard InChI is InChI=1S/C21H21FN6O2/c1-3-16-25-17(12(2)22)20(30-16)21(29)27-9-7-14-18(24-11-23-14)19(27)15-10-13-6-4-5-8-28(13)26-15/h4-6,8,10-12,19H,3,7,9H2,1-2H3,(H,23,24)/t12?,19-/m1/s1. The third-order valence-corrected chi connectivity index (χ3v) is 5.43. The smallest absolute Gasteiger partial charge is 0.292 e. The number of alkyl halides is 1. The number of fused-ring (bicyclic) bond motifs is 2. The molecule has 0 bridgehead atoms. The predicted octanol–water partition coefficient (Wildman–Crippen LogP) is 3.43. The largest absolute Gasteiger partial charge is 0.435 e. The van der Waals surface area contributed by atoms with Gasteiger partial charge in [0.25, 0.3) is 5.91 Å². The summed E-state index contributed by atoms with van der Waals surface area (Å²) < 4.78 is 21.6. The summed E-state index contributed by atoms with van der Waals surface area (Å²) >= 11 is 0. The number of aryl methyl sites for hydroxylation is 1. The second-order valence-electron chi connectivity index (χ2n) is 7.35. The Balaban J connectivity index is 1.62. The third-order valence-electron chi connectivity index (χ3n) is 5.43. The van der Waals surface area contributed by atoms with Gasteiger partial charge in [-0.25, -0.2) is 18.9 Å². The SMILES string of the molecule is CCc1nc(C(C)F)c(C(=O)N2CCc3[nH]cnc3[C@H]2c2cc3ccccn3n2)o1. The number of rotatable bonds is 4. The van der Waals surface area contributed by atoms with Gasteiger partial charge in [-0.15, -0.1) is 0 Å². The van der Waals surface area contributed by atoms with Gasteiger partial charge in [0.2, 0.25) is 5.76 Å². The molecule has 154 valence electrons. The van der Waals surface area contributed by atoms with Crippen LogP contribution in [-0.4, -0.2) is 41.9 Å². The zero-order valence-corrected chi connectivity index (χ0v) is 16.7. The van der Waals surface area contributed by atoms with E-state index >= 15 is 0 Å². The van der Waals surface area contributed by atoms with Crippen molar-refractivity contribution in [2.75, 3.05) is 6.54 Å². The van der Waals surface area contributed by atoms with Gasteiger partial charge in [0.05, 0.1) is 23.2 Å². The van der Waals surface area contributed by atoms with Gasteiger partial charge in [-0.3, -0.25) is 4.79 Å². The Morgan fingerprint density at radius 2 is 2.30 bits per heavy atom. The molecule has 1 aliphatic heterocycles. The normalized spacial score (nSPS) is 17.3. The van der Waals surface area contributed by atoms with Crippen LogP contribution in [0.15, 0.2) is 41.2 Å². The van der Waals surface area contributed by atoms with E-state index in [1.807, 2.05) is 37.4 Å². The molecule has 4 aromatic heterocycles. The van der Waals surface area contributed by atoms with Gasteiger partial charge in [0.15, 0.2) is 5.89 Å². The lowest BCUT2D eigenvalue weighted by Crippen LogP contribution is -2.41. The molecule has 1 N–H and O–H groups in total. The molecule has 0 fully saturated rings. The minimum atomic E-state index is -1.41. The summed E-state index contributed by atoms with van der Waals surface area (Å²) in [4.78, 5) is 27.0. The van der Waals surface area contributed by atoms with Crippen LogP contribution >= 0.6 is 0 Å². The van der Waals surface area contributed by atoms with Gasteiger partial charge in [-0.05, 0) is 25.1 Å². The summed E-state index contributed by atoms with van der Waals surface area (Å²) in [5, 5.41) is 4.67. The van der Waals surface area contributed by atoms with Crippen LogP contribution in [0.5, 0.6) is 0 Å². The average Bonchev–Trinajstić information content (AvgIpc) is 3.49. The Morgan fingerprint density at radius 3 is 3.07 bits per heavy atom. The minimum absolute atomic E-state index is 0.0402. The topological polar surface area (TPSA) is 92.3 Å². The van der Waals surface area contributed by atoms with Crippen molar-refractivity contribution in [3.05, 3.63) is 71.2 Å². The number of nitrogens with one attached hydrogen (secondary N) is 1. The van der Waals surface area contributed by atoms with Crippen LogP contribution in [0.4, 0.5) is 4.39 Å². The molecule has 1 aliphatic rings. The molecule has 1 amide bonds. The fourth-order valence-electron chi connectivity index (χ4n) is 3.97. The molecule has 30 heavy (non-hydrogen) atoms. The number of pyridine rings is 1. The fourth-order valence-corrected chi connectivity index (χ4v) is 3.97. The fraction of sp³-hybridized carbons (Fsp3) is 0.333. The lowest BCUT2D eigenvalue weighted by atomic mass is 9.99. The second-order valence-corrected chi connectivity index (χ2v) is 7.35. The quantitative estimate of drug-likeness (QED) is 0.559. The second kappa shape index (κ2) is 7.08. The Labute approximate surface area is 171 Å². The molecule has 2 atom stereocenters. The van der Waals surface area contributed by atoms with E-state index in [4.69, 9.17) is 4.42 Å². The number of carbonyl (C=O) groups excluding carboxylic acids is 1. The molecule has 0 aliphatic carbocycles. The number of H-pyrrole nitrogens is 1. The number of aromatic nitrogens is 5. The number of aromatic amines is 1. The summed E-state index contributed by atoms with van der Waals surface area (Å²) in [7, 11) is 0. The van der Waals surface area contributed by atoms with E-state index in [2.05, 4.69) is 20.1 Å². The summed E-state index contributed by atoms with van der Waals surface area (Å²) in [6.45, 7) is 3.63. The van der Waals surface area contributed by atoms with Crippen molar-refractivity contribution in [3.8, 4) is 0 Å². The van der Waals surface area contributed by atoms with E-state index in [1.165, 1.54) is 6.92 Å². The molecule has 0 radical (unpaired) electrons. The molecule has 5 rings (SSSR count). The van der Waals surface area contributed by atoms with E-state index in [1.54, 1.807) is 15.7 Å². The molecule has 0 saturated carbocycles. The molecule has 0 aromatic carbocycles. The van der Waals surface area contributed by atoms with E-state index in [0.717, 1.165) is 16.9 Å². The monoisotopic (exact) mass is 408 g/mol. The van der Waals surface area contributed by atoms with Crippen molar-refractivity contribution in [2.24, 2.45) is 0 Å². The first kappa shape index (κ1) is 18.5. The molecule has 9 heteroatoms. The molecule has 8 nitrogen and oxygen atoms in total. The highest BCUT2D eigenvalue weighted by molar-refractivity contribution is 5.93. The Morgan fingerprint density at radius 1 is 1.43 bits per heavy atom. The minimum Gasteiger partial charge on any atom is -0.435 e. The van der Waals surface area contributed by atoms with Crippen LogP contribution < -0.4 is 0 Å². The van der Waals surface area contributed by atoms with Crippen molar-refractivity contribution in [1.82, 2.24) is 29.5 Å². The Bertz CT molecular complexity index is 1190. The maximum absolute atomic E-state index is 14.2. The van der Waals surface area contributed by atoms with Crippen molar-refractivity contribution < 1.29 is 13.6 Å². The number of amides is 1. The number of hydrogen-bond donors (Lipinski definition) is 1. The van der Waals surface area contributed by atoms with Crippen molar-refractivity contribution >= 4 is 11.4 Å². The number of carbonyl (C=O) groups is 1. The van der Waals surface area contributed by atoms with Gasteiger partial charge in [-0.2, -0.15) is 5.10 Å². The number of nitrogens with zero attached hydrogens (tertiary/aromatic N) is 5. The Hall–Kier alpha value is -3.49. The zero-order chi connectivity index (χ0) is 20.8.